The molecule has 0 heterocycles. The van der Waals surface area contributed by atoms with Gasteiger partial charge in [-0.05, 0) is 30.0 Å². The summed E-state index contributed by atoms with van der Waals surface area (Å²) in [6.07, 6.45) is 0. The van der Waals surface area contributed by atoms with Crippen molar-refractivity contribution in [1.29, 1.82) is 0 Å². The van der Waals surface area contributed by atoms with E-state index in [1.807, 2.05) is 20.8 Å². The molecule has 1 aromatic rings. The number of hydrogen-bond acceptors (Lipinski definition) is 3. The van der Waals surface area contributed by atoms with Crippen LogP contribution in [0.4, 0.5) is 0 Å². The second-order valence-electron chi connectivity index (χ2n) is 4.93. The summed E-state index contributed by atoms with van der Waals surface area (Å²) in [5, 5.41) is 9.96. The monoisotopic (exact) mass is 222 g/mol. The van der Waals surface area contributed by atoms with Crippen molar-refractivity contribution in [2.45, 2.75) is 33.1 Å². The normalized spacial score (nSPS) is 11.3. The second-order valence-corrected chi connectivity index (χ2v) is 4.93. The van der Waals surface area contributed by atoms with Gasteiger partial charge in [0.05, 0.1) is 12.7 Å². The highest BCUT2D eigenvalue weighted by Crippen LogP contribution is 2.34. The Balaban J connectivity index is 3.39. The predicted molar refractivity (Wildman–Crippen MR) is 62.9 cm³/mol. The van der Waals surface area contributed by atoms with Crippen LogP contribution in [0.25, 0.3) is 0 Å². The summed E-state index contributed by atoms with van der Waals surface area (Å²) in [6.45, 7) is 7.74. The fourth-order valence-electron chi connectivity index (χ4n) is 1.59. The number of benzene rings is 1. The van der Waals surface area contributed by atoms with Gasteiger partial charge in [0.2, 0.25) is 0 Å². The van der Waals surface area contributed by atoms with Crippen LogP contribution in [-0.2, 0) is 10.2 Å². The molecule has 0 spiro atoms. The smallest absolute Gasteiger partial charge is 0.337 e. The van der Waals surface area contributed by atoms with Crippen LogP contribution in [0.2, 0.25) is 0 Å². The number of carbonyl (C=O) groups excluding carboxylic acids is 1. The van der Waals surface area contributed by atoms with E-state index < -0.39 is 0 Å². The highest BCUT2D eigenvalue weighted by molar-refractivity contribution is 5.90. The van der Waals surface area contributed by atoms with E-state index in [-0.39, 0.29) is 17.1 Å². The van der Waals surface area contributed by atoms with Crippen molar-refractivity contribution in [3.63, 3.8) is 0 Å². The lowest BCUT2D eigenvalue weighted by atomic mass is 9.84. The average Bonchev–Trinajstić information content (AvgIpc) is 2.18. The van der Waals surface area contributed by atoms with E-state index >= 15 is 0 Å². The van der Waals surface area contributed by atoms with Crippen LogP contribution in [0, 0.1) is 6.92 Å². The Morgan fingerprint density at radius 2 is 1.88 bits per heavy atom. The summed E-state index contributed by atoms with van der Waals surface area (Å²) in [4.78, 5) is 11.5. The molecule has 3 heteroatoms. The minimum atomic E-state index is -0.381. The van der Waals surface area contributed by atoms with Crippen molar-refractivity contribution in [1.82, 2.24) is 0 Å². The number of methoxy groups -OCH3 is 1. The zero-order chi connectivity index (χ0) is 12.5. The molecule has 0 unspecified atom stereocenters. The van der Waals surface area contributed by atoms with Gasteiger partial charge in [-0.3, -0.25) is 0 Å². The van der Waals surface area contributed by atoms with E-state index in [2.05, 4.69) is 4.74 Å². The standard InChI is InChI=1S/C13H18O3/c1-8-6-9(12(15)16-5)7-10(11(8)14)13(2,3)4/h6-7,14H,1-5H3. The largest absolute Gasteiger partial charge is 0.507 e. The van der Waals surface area contributed by atoms with Crippen LogP contribution in [0.3, 0.4) is 0 Å². The predicted octanol–water partition coefficient (Wildman–Crippen LogP) is 2.78. The number of rotatable bonds is 1. The number of phenolic OH excluding ortho intramolecular Hbond substituents is 1. The molecule has 0 amide bonds. The zero-order valence-corrected chi connectivity index (χ0v) is 10.4. The molecule has 0 aliphatic heterocycles. The summed E-state index contributed by atoms with van der Waals surface area (Å²) < 4.78 is 4.68. The summed E-state index contributed by atoms with van der Waals surface area (Å²) in [7, 11) is 1.35. The molecule has 0 aliphatic rings. The van der Waals surface area contributed by atoms with E-state index in [1.165, 1.54) is 7.11 Å². The molecule has 0 radical (unpaired) electrons. The third-order valence-corrected chi connectivity index (χ3v) is 2.53. The highest BCUT2D eigenvalue weighted by atomic mass is 16.5. The molecule has 0 atom stereocenters. The molecule has 0 saturated carbocycles. The molecule has 0 bridgehead atoms. The lowest BCUT2D eigenvalue weighted by Crippen LogP contribution is -2.14. The minimum Gasteiger partial charge on any atom is -0.507 e. The van der Waals surface area contributed by atoms with Crippen molar-refractivity contribution in [3.05, 3.63) is 28.8 Å². The van der Waals surface area contributed by atoms with Crippen LogP contribution >= 0.6 is 0 Å². The Morgan fingerprint density at radius 3 is 2.31 bits per heavy atom. The third-order valence-electron chi connectivity index (χ3n) is 2.53. The fourth-order valence-corrected chi connectivity index (χ4v) is 1.59. The van der Waals surface area contributed by atoms with E-state index in [1.54, 1.807) is 19.1 Å². The SMILES string of the molecule is COC(=O)c1cc(C)c(O)c(C(C)(C)C)c1. The fraction of sp³-hybridized carbons (Fsp3) is 0.462. The first-order valence-electron chi connectivity index (χ1n) is 5.19. The first-order valence-corrected chi connectivity index (χ1v) is 5.19. The van der Waals surface area contributed by atoms with Crippen molar-refractivity contribution >= 4 is 5.97 Å². The van der Waals surface area contributed by atoms with Crippen LogP contribution in [0.15, 0.2) is 12.1 Å². The van der Waals surface area contributed by atoms with Crippen LogP contribution in [0.5, 0.6) is 5.75 Å². The van der Waals surface area contributed by atoms with Gasteiger partial charge in [0.15, 0.2) is 0 Å². The molecular weight excluding hydrogens is 204 g/mol. The second kappa shape index (κ2) is 4.16. The van der Waals surface area contributed by atoms with Gasteiger partial charge in [0, 0.05) is 5.56 Å². The number of hydrogen-bond donors (Lipinski definition) is 1. The molecule has 1 N–H and O–H groups in total. The summed E-state index contributed by atoms with van der Waals surface area (Å²) in [5.41, 5.74) is 1.71. The van der Waals surface area contributed by atoms with Crippen molar-refractivity contribution < 1.29 is 14.6 Å². The summed E-state index contributed by atoms with van der Waals surface area (Å²) in [6, 6.07) is 3.32. The lowest BCUT2D eigenvalue weighted by Gasteiger charge is -2.22. The Labute approximate surface area is 96.1 Å². The number of phenols is 1. The molecule has 16 heavy (non-hydrogen) atoms. The first kappa shape index (κ1) is 12.6. The number of aryl methyl sites for hydroxylation is 1. The van der Waals surface area contributed by atoms with Crippen LogP contribution < -0.4 is 0 Å². The van der Waals surface area contributed by atoms with Crippen molar-refractivity contribution in [3.8, 4) is 5.75 Å². The number of ether oxygens (including phenoxy) is 1. The minimum absolute atomic E-state index is 0.209. The van der Waals surface area contributed by atoms with Crippen LogP contribution in [-0.4, -0.2) is 18.2 Å². The van der Waals surface area contributed by atoms with Gasteiger partial charge in [-0.15, -0.1) is 0 Å². The Hall–Kier alpha value is -1.51. The number of esters is 1. The first-order chi connectivity index (χ1) is 7.27. The van der Waals surface area contributed by atoms with E-state index in [0.717, 1.165) is 5.56 Å². The van der Waals surface area contributed by atoms with Gasteiger partial charge >= 0.3 is 5.97 Å². The summed E-state index contributed by atoms with van der Waals surface area (Å²) in [5.74, 6) is -0.131. The third kappa shape index (κ3) is 2.35. The maximum atomic E-state index is 11.5. The quantitative estimate of drug-likeness (QED) is 0.743. The van der Waals surface area contributed by atoms with Gasteiger partial charge in [0.25, 0.3) is 0 Å². The molecule has 3 nitrogen and oxygen atoms in total. The molecule has 0 fully saturated rings. The molecule has 0 saturated heterocycles. The van der Waals surface area contributed by atoms with Crippen molar-refractivity contribution in [2.75, 3.05) is 7.11 Å². The average molecular weight is 222 g/mol. The van der Waals surface area contributed by atoms with E-state index in [0.29, 0.717) is 11.1 Å². The van der Waals surface area contributed by atoms with Crippen molar-refractivity contribution in [2.24, 2.45) is 0 Å². The number of carbonyl (C=O) groups is 1. The van der Waals surface area contributed by atoms with E-state index in [4.69, 9.17) is 0 Å². The van der Waals surface area contributed by atoms with Gasteiger partial charge in [0.1, 0.15) is 5.75 Å². The molecular formula is C13H18O3. The zero-order valence-electron chi connectivity index (χ0n) is 10.4. The topological polar surface area (TPSA) is 46.5 Å². The Bertz CT molecular complexity index is 414. The number of aromatic hydroxyl groups is 1. The van der Waals surface area contributed by atoms with Gasteiger partial charge in [-0.1, -0.05) is 20.8 Å². The van der Waals surface area contributed by atoms with Crippen LogP contribution in [0.1, 0.15) is 42.3 Å². The Kier molecular flexibility index (Phi) is 3.27. The maximum Gasteiger partial charge on any atom is 0.337 e. The van der Waals surface area contributed by atoms with Gasteiger partial charge < -0.3 is 9.84 Å². The molecule has 1 rings (SSSR count). The van der Waals surface area contributed by atoms with E-state index in [9.17, 15) is 9.90 Å². The van der Waals surface area contributed by atoms with Gasteiger partial charge in [-0.2, -0.15) is 0 Å². The molecule has 88 valence electrons. The maximum absolute atomic E-state index is 11.5. The lowest BCUT2D eigenvalue weighted by molar-refractivity contribution is 0.0600. The molecule has 0 aliphatic carbocycles. The molecule has 0 aromatic heterocycles. The highest BCUT2D eigenvalue weighted by Gasteiger charge is 2.21. The molecule has 1 aromatic carbocycles. The summed E-state index contributed by atoms with van der Waals surface area (Å²) >= 11 is 0. The van der Waals surface area contributed by atoms with Gasteiger partial charge in [-0.25, -0.2) is 4.79 Å². The Morgan fingerprint density at radius 1 is 1.31 bits per heavy atom.